The van der Waals surface area contributed by atoms with Crippen LogP contribution in [-0.2, 0) is 9.63 Å². The lowest BCUT2D eigenvalue weighted by Crippen LogP contribution is -2.30. The Morgan fingerprint density at radius 3 is 2.67 bits per heavy atom. The van der Waals surface area contributed by atoms with Crippen LogP contribution in [0.2, 0.25) is 10.0 Å². The lowest BCUT2D eigenvalue weighted by molar-refractivity contribution is -0.121. The van der Waals surface area contributed by atoms with Crippen LogP contribution in [-0.4, -0.2) is 36.5 Å². The first-order chi connectivity index (χ1) is 9.93. The number of carbonyl (C=O) groups excluding carboxylic acids is 1. The summed E-state index contributed by atoms with van der Waals surface area (Å²) < 4.78 is 0. The molecule has 5 nitrogen and oxygen atoms in total. The number of aliphatic hydroxyl groups is 1. The molecule has 1 atom stereocenters. The Morgan fingerprint density at radius 2 is 2.10 bits per heavy atom. The lowest BCUT2D eigenvalue weighted by atomic mass is 10.1. The molecule has 0 spiro atoms. The number of aliphatic hydroxyl groups excluding tert-OH is 1. The Bertz CT molecular complexity index is 519. The quantitative estimate of drug-likeness (QED) is 0.595. The van der Waals surface area contributed by atoms with Gasteiger partial charge < -0.3 is 15.3 Å². The van der Waals surface area contributed by atoms with E-state index in [0.29, 0.717) is 22.2 Å². The fraction of sp³-hybridized carbons (Fsp3) is 0.429. The summed E-state index contributed by atoms with van der Waals surface area (Å²) in [6.45, 7) is 1.83. The van der Waals surface area contributed by atoms with E-state index in [2.05, 4.69) is 10.5 Å². The molecule has 1 rings (SSSR count). The van der Waals surface area contributed by atoms with Crippen molar-refractivity contribution in [3.8, 4) is 0 Å². The van der Waals surface area contributed by atoms with Gasteiger partial charge in [0.25, 0.3) is 0 Å². The Hall–Kier alpha value is -1.30. The van der Waals surface area contributed by atoms with Crippen LogP contribution in [0.4, 0.5) is 0 Å². The number of nitrogens with one attached hydrogen (secondary N) is 1. The monoisotopic (exact) mass is 332 g/mol. The van der Waals surface area contributed by atoms with E-state index in [1.807, 2.05) is 0 Å². The zero-order chi connectivity index (χ0) is 15.8. The third kappa shape index (κ3) is 6.33. The first kappa shape index (κ1) is 17.8. The molecule has 1 unspecified atom stereocenters. The number of carbonyl (C=O) groups is 1. The van der Waals surface area contributed by atoms with E-state index >= 15 is 0 Å². The van der Waals surface area contributed by atoms with E-state index in [1.54, 1.807) is 25.1 Å². The van der Waals surface area contributed by atoms with Crippen molar-refractivity contribution in [3.05, 3.63) is 33.8 Å². The van der Waals surface area contributed by atoms with Crippen LogP contribution >= 0.6 is 23.2 Å². The van der Waals surface area contributed by atoms with Crippen LogP contribution in [0.5, 0.6) is 0 Å². The van der Waals surface area contributed by atoms with Crippen LogP contribution in [0.15, 0.2) is 23.4 Å². The average Bonchev–Trinajstić information content (AvgIpc) is 2.44. The highest BCUT2D eigenvalue weighted by Crippen LogP contribution is 2.23. The molecule has 0 fully saturated rings. The molecular weight excluding hydrogens is 315 g/mol. The van der Waals surface area contributed by atoms with Gasteiger partial charge >= 0.3 is 0 Å². The van der Waals surface area contributed by atoms with Gasteiger partial charge in [0, 0.05) is 24.9 Å². The summed E-state index contributed by atoms with van der Waals surface area (Å²) in [5.41, 5.74) is 1.35. The number of amides is 1. The third-order valence-electron chi connectivity index (χ3n) is 2.64. The van der Waals surface area contributed by atoms with Crippen LogP contribution in [0.25, 0.3) is 0 Å². The molecule has 0 radical (unpaired) electrons. The minimum atomic E-state index is -0.573. The van der Waals surface area contributed by atoms with Gasteiger partial charge in [-0.1, -0.05) is 34.4 Å². The number of hydrogen-bond acceptors (Lipinski definition) is 4. The molecule has 1 aromatic rings. The van der Waals surface area contributed by atoms with Crippen molar-refractivity contribution < 1.29 is 14.7 Å². The zero-order valence-corrected chi connectivity index (χ0v) is 13.4. The second-order valence-corrected chi connectivity index (χ2v) is 5.32. The maximum atomic E-state index is 11.6. The van der Waals surface area contributed by atoms with Gasteiger partial charge in [0.1, 0.15) is 7.11 Å². The van der Waals surface area contributed by atoms with Crippen LogP contribution in [0.3, 0.4) is 0 Å². The van der Waals surface area contributed by atoms with Crippen molar-refractivity contribution in [1.82, 2.24) is 5.32 Å². The van der Waals surface area contributed by atoms with Crippen molar-refractivity contribution in [3.63, 3.8) is 0 Å². The number of rotatable bonds is 7. The zero-order valence-electron chi connectivity index (χ0n) is 11.9. The van der Waals surface area contributed by atoms with Crippen LogP contribution in [0.1, 0.15) is 25.3 Å². The molecule has 7 heteroatoms. The number of nitrogens with zero attached hydrogens (tertiary/aromatic N) is 1. The Kier molecular flexibility index (Phi) is 7.50. The molecule has 0 bridgehead atoms. The summed E-state index contributed by atoms with van der Waals surface area (Å²) in [7, 11) is 1.44. The molecule has 0 heterocycles. The molecular formula is C14H18Cl2N2O3. The summed E-state index contributed by atoms with van der Waals surface area (Å²) in [4.78, 5) is 16.4. The van der Waals surface area contributed by atoms with Crippen molar-refractivity contribution in [2.75, 3.05) is 13.7 Å². The summed E-state index contributed by atoms with van der Waals surface area (Å²) in [5.74, 6) is -0.167. The summed E-state index contributed by atoms with van der Waals surface area (Å²) in [6.07, 6.45) is 0.0446. The van der Waals surface area contributed by atoms with Gasteiger partial charge in [-0.05, 0) is 19.1 Å². The minimum absolute atomic E-state index is 0.167. The van der Waals surface area contributed by atoms with E-state index < -0.39 is 6.10 Å². The molecule has 116 valence electrons. The van der Waals surface area contributed by atoms with E-state index in [-0.39, 0.29) is 18.9 Å². The van der Waals surface area contributed by atoms with Gasteiger partial charge in [-0.25, -0.2) is 0 Å². The highest BCUT2D eigenvalue weighted by atomic mass is 35.5. The first-order valence-corrected chi connectivity index (χ1v) is 7.19. The highest BCUT2D eigenvalue weighted by Gasteiger charge is 2.11. The van der Waals surface area contributed by atoms with Crippen LogP contribution in [0, 0.1) is 0 Å². The summed E-state index contributed by atoms with van der Waals surface area (Å²) in [5, 5.41) is 16.5. The van der Waals surface area contributed by atoms with Crippen molar-refractivity contribution in [2.24, 2.45) is 5.16 Å². The number of halogens is 2. The third-order valence-corrected chi connectivity index (χ3v) is 3.38. The van der Waals surface area contributed by atoms with Gasteiger partial charge in [0.2, 0.25) is 5.91 Å². The van der Waals surface area contributed by atoms with Gasteiger partial charge in [0.05, 0.1) is 21.9 Å². The second-order valence-electron chi connectivity index (χ2n) is 4.50. The maximum absolute atomic E-state index is 11.6. The number of oxime groups is 1. The fourth-order valence-corrected chi connectivity index (χ4v) is 1.91. The van der Waals surface area contributed by atoms with Crippen molar-refractivity contribution in [2.45, 2.75) is 25.9 Å². The molecule has 0 saturated carbocycles. The van der Waals surface area contributed by atoms with E-state index in [1.165, 1.54) is 7.11 Å². The molecule has 1 aromatic carbocycles. The summed E-state index contributed by atoms with van der Waals surface area (Å²) in [6, 6.07) is 5.10. The molecule has 0 aliphatic heterocycles. The molecule has 2 N–H and O–H groups in total. The molecule has 0 aromatic heterocycles. The topological polar surface area (TPSA) is 70.9 Å². The van der Waals surface area contributed by atoms with Crippen LogP contribution < -0.4 is 5.32 Å². The van der Waals surface area contributed by atoms with Crippen molar-refractivity contribution >= 4 is 34.8 Å². The van der Waals surface area contributed by atoms with Gasteiger partial charge in [-0.2, -0.15) is 0 Å². The van der Waals surface area contributed by atoms with Gasteiger partial charge in [-0.3, -0.25) is 4.79 Å². The minimum Gasteiger partial charge on any atom is -0.399 e. The molecule has 21 heavy (non-hydrogen) atoms. The normalized spacial score (nSPS) is 12.9. The van der Waals surface area contributed by atoms with E-state index in [0.717, 1.165) is 5.56 Å². The second kappa shape index (κ2) is 8.87. The number of benzene rings is 1. The maximum Gasteiger partial charge on any atom is 0.220 e. The van der Waals surface area contributed by atoms with E-state index in [4.69, 9.17) is 33.1 Å². The molecule has 0 aliphatic carbocycles. The average molecular weight is 333 g/mol. The molecule has 0 saturated heterocycles. The summed E-state index contributed by atoms with van der Waals surface area (Å²) >= 11 is 11.8. The number of hydrogen-bond donors (Lipinski definition) is 2. The fourth-order valence-electron chi connectivity index (χ4n) is 1.61. The van der Waals surface area contributed by atoms with Crippen molar-refractivity contribution in [1.29, 1.82) is 0 Å². The predicted octanol–water partition coefficient (Wildman–Crippen LogP) is 2.62. The predicted molar refractivity (Wildman–Crippen MR) is 83.9 cm³/mol. The molecule has 1 amide bonds. The Morgan fingerprint density at radius 1 is 1.38 bits per heavy atom. The van der Waals surface area contributed by atoms with E-state index in [9.17, 15) is 4.79 Å². The first-order valence-electron chi connectivity index (χ1n) is 6.44. The smallest absolute Gasteiger partial charge is 0.220 e. The SMILES string of the molecule is CO/N=C(\CCC(=O)NCC(C)O)c1ccc(Cl)c(Cl)c1. The molecule has 0 aliphatic rings. The standard InChI is InChI=1S/C14H18Cl2N2O3/c1-9(19)8-17-14(20)6-5-13(18-21-2)10-3-4-11(15)12(16)7-10/h3-4,7,9,19H,5-6,8H2,1-2H3,(H,17,20)/b18-13+. The lowest BCUT2D eigenvalue weighted by Gasteiger charge is -2.09. The highest BCUT2D eigenvalue weighted by molar-refractivity contribution is 6.42. The Balaban J connectivity index is 2.68. The Labute approximate surface area is 133 Å². The van der Waals surface area contributed by atoms with Gasteiger partial charge in [0.15, 0.2) is 0 Å². The largest absolute Gasteiger partial charge is 0.399 e. The van der Waals surface area contributed by atoms with Gasteiger partial charge in [-0.15, -0.1) is 0 Å².